The molecule has 0 saturated carbocycles. The summed E-state index contributed by atoms with van der Waals surface area (Å²) in [6, 6.07) is 15.7. The van der Waals surface area contributed by atoms with Gasteiger partial charge in [-0.15, -0.1) is 0 Å². The summed E-state index contributed by atoms with van der Waals surface area (Å²) in [6.45, 7) is 10.6. The number of halogens is 1. The van der Waals surface area contributed by atoms with Crippen molar-refractivity contribution >= 4 is 45.1 Å². The average Bonchev–Trinajstić information content (AvgIpc) is 2.99. The van der Waals surface area contributed by atoms with Gasteiger partial charge in [-0.3, -0.25) is 9.79 Å². The molecule has 3 heterocycles. The minimum atomic E-state index is -4.34. The van der Waals surface area contributed by atoms with Gasteiger partial charge < -0.3 is 24.4 Å². The standard InChI is InChI=1S/C36H42FN5O8S/c1-33(2,3)49-31(44)42(32(45)50-34(4,5)6)30-36(20-41(21-36)24-12-10-9-11-13-24)51(46,47)22-35(7,40-30)26-18-23(14-16-27(26)37)39-29(43)28-17-15-25(48-8)19-38-28/h9-19H,20-22H2,1-8H3,(H,39,43)/t35-/m0/s1. The lowest BCUT2D eigenvalue weighted by atomic mass is 9.90. The molecule has 1 atom stereocenters. The second-order valence-electron chi connectivity index (χ2n) is 14.7. The fraction of sp³-hybridized carbons (Fsp3) is 0.417. The second kappa shape index (κ2) is 13.2. The van der Waals surface area contributed by atoms with Crippen LogP contribution in [0, 0.1) is 5.82 Å². The number of carbonyl (C=O) groups is 3. The zero-order chi connectivity index (χ0) is 37.6. The topological polar surface area (TPSA) is 157 Å². The molecule has 1 aromatic heterocycles. The van der Waals surface area contributed by atoms with Gasteiger partial charge in [-0.05, 0) is 90.9 Å². The van der Waals surface area contributed by atoms with Gasteiger partial charge in [-0.1, -0.05) is 18.2 Å². The summed E-state index contributed by atoms with van der Waals surface area (Å²) >= 11 is 0. The maximum Gasteiger partial charge on any atom is 0.425 e. The molecule has 0 unspecified atom stereocenters. The van der Waals surface area contributed by atoms with Crippen molar-refractivity contribution in [3.8, 4) is 5.75 Å². The predicted molar refractivity (Wildman–Crippen MR) is 189 cm³/mol. The van der Waals surface area contributed by atoms with Crippen LogP contribution in [0.1, 0.15) is 64.5 Å². The van der Waals surface area contributed by atoms with Crippen molar-refractivity contribution in [2.45, 2.75) is 70.0 Å². The van der Waals surface area contributed by atoms with Crippen LogP contribution in [0.4, 0.5) is 25.4 Å². The number of carbonyl (C=O) groups excluding carboxylic acids is 3. The molecule has 0 radical (unpaired) electrons. The molecule has 1 fully saturated rings. The predicted octanol–water partition coefficient (Wildman–Crippen LogP) is 5.95. The molecule has 1 spiro atoms. The van der Waals surface area contributed by atoms with Gasteiger partial charge in [0.25, 0.3) is 5.91 Å². The average molecular weight is 724 g/mol. The van der Waals surface area contributed by atoms with Crippen LogP contribution in [0.15, 0.2) is 71.9 Å². The Morgan fingerprint density at radius 3 is 2.06 bits per heavy atom. The normalized spacial score (nSPS) is 19.3. The van der Waals surface area contributed by atoms with E-state index in [1.807, 2.05) is 6.07 Å². The van der Waals surface area contributed by atoms with Gasteiger partial charge in [-0.2, -0.15) is 4.90 Å². The molecule has 5 rings (SSSR count). The van der Waals surface area contributed by atoms with E-state index in [4.69, 9.17) is 19.2 Å². The quantitative estimate of drug-likeness (QED) is 0.334. The van der Waals surface area contributed by atoms with Crippen LogP contribution >= 0.6 is 0 Å². The molecule has 2 aliphatic rings. The Bertz CT molecular complexity index is 1940. The van der Waals surface area contributed by atoms with Crippen LogP contribution in [-0.4, -0.2) is 84.1 Å². The van der Waals surface area contributed by atoms with Gasteiger partial charge in [0.2, 0.25) is 0 Å². The van der Waals surface area contributed by atoms with E-state index < -0.39 is 66.8 Å². The van der Waals surface area contributed by atoms with Crippen LogP contribution < -0.4 is 15.0 Å². The first-order valence-corrected chi connectivity index (χ1v) is 17.8. The molecule has 3 aromatic rings. The van der Waals surface area contributed by atoms with Gasteiger partial charge in [-0.25, -0.2) is 27.4 Å². The first-order valence-electron chi connectivity index (χ1n) is 16.2. The third-order valence-electron chi connectivity index (χ3n) is 8.21. The van der Waals surface area contributed by atoms with Crippen molar-refractivity contribution in [1.82, 2.24) is 9.88 Å². The van der Waals surface area contributed by atoms with E-state index in [9.17, 15) is 22.8 Å². The largest absolute Gasteiger partial charge is 0.495 e. The highest BCUT2D eigenvalue weighted by Gasteiger charge is 2.65. The summed E-state index contributed by atoms with van der Waals surface area (Å²) in [6.07, 6.45) is -1.05. The number of aromatic nitrogens is 1. The van der Waals surface area contributed by atoms with Gasteiger partial charge >= 0.3 is 12.2 Å². The molecule has 2 aliphatic heterocycles. The number of hydrogen-bond acceptors (Lipinski definition) is 11. The molecular formula is C36H42FN5O8S. The van der Waals surface area contributed by atoms with Crippen molar-refractivity contribution in [3.05, 3.63) is 83.9 Å². The van der Waals surface area contributed by atoms with E-state index in [0.717, 1.165) is 6.07 Å². The number of sulfone groups is 1. The van der Waals surface area contributed by atoms with Crippen LogP contribution in [0.3, 0.4) is 0 Å². The number of imide groups is 1. The summed E-state index contributed by atoms with van der Waals surface area (Å²) in [7, 11) is -2.88. The number of amides is 3. The lowest BCUT2D eigenvalue weighted by Crippen LogP contribution is -2.76. The number of para-hydroxylation sites is 1. The number of rotatable bonds is 5. The molecule has 0 bridgehead atoms. The lowest BCUT2D eigenvalue weighted by molar-refractivity contribution is 0.0136. The monoisotopic (exact) mass is 723 g/mol. The van der Waals surface area contributed by atoms with Gasteiger partial charge in [0.15, 0.2) is 14.6 Å². The minimum Gasteiger partial charge on any atom is -0.495 e. The first-order chi connectivity index (χ1) is 23.7. The maximum absolute atomic E-state index is 15.8. The molecule has 15 heteroatoms. The van der Waals surface area contributed by atoms with Gasteiger partial charge in [0.05, 0.1) is 19.1 Å². The summed E-state index contributed by atoms with van der Waals surface area (Å²) in [4.78, 5) is 52.0. The number of nitrogens with zero attached hydrogens (tertiary/aromatic N) is 4. The zero-order valence-corrected chi connectivity index (χ0v) is 30.6. The number of nitrogens with one attached hydrogen (secondary N) is 1. The Labute approximate surface area is 296 Å². The van der Waals surface area contributed by atoms with Crippen molar-refractivity contribution in [3.63, 3.8) is 0 Å². The fourth-order valence-corrected chi connectivity index (χ4v) is 8.20. The number of hydrogen-bond donors (Lipinski definition) is 1. The highest BCUT2D eigenvalue weighted by Crippen LogP contribution is 2.46. The highest BCUT2D eigenvalue weighted by atomic mass is 32.2. The zero-order valence-electron chi connectivity index (χ0n) is 29.8. The SMILES string of the molecule is COc1ccc(C(=O)Nc2ccc(F)c([C@]3(C)CS(=O)(=O)C4(CN(c5ccccc5)C4)C(N(C(=O)OC(C)(C)C)C(=O)OC(C)(C)C)=N3)c2)nc1. The molecule has 51 heavy (non-hydrogen) atoms. The smallest absolute Gasteiger partial charge is 0.425 e. The number of pyridine rings is 1. The number of benzene rings is 2. The summed E-state index contributed by atoms with van der Waals surface area (Å²) in [5, 5.41) is 2.65. The Morgan fingerprint density at radius 1 is 0.922 bits per heavy atom. The number of ether oxygens (including phenoxy) is 3. The van der Waals surface area contributed by atoms with Crippen LogP contribution in [-0.2, 0) is 24.8 Å². The number of anilines is 2. The molecule has 1 saturated heterocycles. The molecular weight excluding hydrogens is 681 g/mol. The third-order valence-corrected chi connectivity index (χ3v) is 10.8. The summed E-state index contributed by atoms with van der Waals surface area (Å²) in [5.41, 5.74) is -3.41. The maximum atomic E-state index is 15.8. The van der Waals surface area contributed by atoms with Crippen LogP contribution in [0.25, 0.3) is 0 Å². The van der Waals surface area contributed by atoms with Gasteiger partial charge in [0, 0.05) is 30.0 Å². The summed E-state index contributed by atoms with van der Waals surface area (Å²) in [5.74, 6) is -2.14. The Kier molecular flexibility index (Phi) is 9.67. The molecule has 2 aromatic carbocycles. The van der Waals surface area contributed by atoms with Crippen LogP contribution in [0.5, 0.6) is 5.75 Å². The Balaban J connectivity index is 1.65. The Hall–Kier alpha value is -5.05. The van der Waals surface area contributed by atoms with Crippen LogP contribution in [0.2, 0.25) is 0 Å². The number of aliphatic imine (C=N–C) groups is 1. The lowest BCUT2D eigenvalue weighted by Gasteiger charge is -2.54. The molecule has 272 valence electrons. The van der Waals surface area contributed by atoms with Gasteiger partial charge in [0.1, 0.15) is 39.8 Å². The number of methoxy groups -OCH3 is 1. The van der Waals surface area contributed by atoms with E-state index in [2.05, 4.69) is 10.3 Å². The molecule has 1 N–H and O–H groups in total. The molecule has 13 nitrogen and oxygen atoms in total. The van der Waals surface area contributed by atoms with E-state index in [-0.39, 0.29) is 30.0 Å². The van der Waals surface area contributed by atoms with E-state index >= 15 is 4.39 Å². The van der Waals surface area contributed by atoms with E-state index in [0.29, 0.717) is 16.3 Å². The first kappa shape index (κ1) is 37.2. The minimum absolute atomic E-state index is 0.0497. The second-order valence-corrected chi connectivity index (χ2v) is 17.0. The number of amidine groups is 1. The fourth-order valence-electron chi connectivity index (χ4n) is 5.85. The van der Waals surface area contributed by atoms with Crippen molar-refractivity contribution in [1.29, 1.82) is 0 Å². The van der Waals surface area contributed by atoms with E-state index in [1.165, 1.54) is 38.4 Å². The van der Waals surface area contributed by atoms with E-state index in [1.54, 1.807) is 76.8 Å². The Morgan fingerprint density at radius 2 is 1.53 bits per heavy atom. The molecule has 3 amide bonds. The van der Waals surface area contributed by atoms with Crippen molar-refractivity contribution in [2.75, 3.05) is 36.2 Å². The summed E-state index contributed by atoms with van der Waals surface area (Å²) < 4.78 is 59.6. The third kappa shape index (κ3) is 7.67. The van der Waals surface area contributed by atoms with Crippen molar-refractivity contribution < 1.29 is 41.4 Å². The molecule has 0 aliphatic carbocycles. The highest BCUT2D eigenvalue weighted by molar-refractivity contribution is 7.94. The van der Waals surface area contributed by atoms with Crippen molar-refractivity contribution in [2.24, 2.45) is 4.99 Å².